The van der Waals surface area contributed by atoms with Crippen LogP contribution in [0.4, 0.5) is 4.79 Å². The third-order valence-electron chi connectivity index (χ3n) is 4.58. The summed E-state index contributed by atoms with van der Waals surface area (Å²) in [5, 5.41) is 12.8. The smallest absolute Gasteiger partial charge is 0.318 e. The highest BCUT2D eigenvalue weighted by Gasteiger charge is 2.31. The van der Waals surface area contributed by atoms with E-state index in [1.165, 1.54) is 5.56 Å². The molecule has 25 heavy (non-hydrogen) atoms. The Labute approximate surface area is 147 Å². The summed E-state index contributed by atoms with van der Waals surface area (Å²) in [6.45, 7) is 2.62. The fourth-order valence-electron chi connectivity index (χ4n) is 3.33. The van der Waals surface area contributed by atoms with Crippen molar-refractivity contribution in [2.75, 3.05) is 26.9 Å². The molecule has 6 nitrogen and oxygen atoms in total. The molecule has 1 aliphatic heterocycles. The first-order chi connectivity index (χ1) is 12.1. The van der Waals surface area contributed by atoms with Gasteiger partial charge in [-0.1, -0.05) is 24.3 Å². The van der Waals surface area contributed by atoms with Crippen LogP contribution in [0.3, 0.4) is 0 Å². The second-order valence-electron chi connectivity index (χ2n) is 6.25. The first-order valence-electron chi connectivity index (χ1n) is 8.45. The molecular weight excluding hydrogens is 320 g/mol. The Morgan fingerprint density at radius 2 is 2.20 bits per heavy atom. The van der Waals surface area contributed by atoms with Crippen LogP contribution in [0.1, 0.15) is 34.7 Å². The molecule has 2 amide bonds. The van der Waals surface area contributed by atoms with Gasteiger partial charge in [0.1, 0.15) is 17.6 Å². The van der Waals surface area contributed by atoms with E-state index in [0.717, 1.165) is 17.7 Å². The molecule has 2 atom stereocenters. The summed E-state index contributed by atoms with van der Waals surface area (Å²) in [6.07, 6.45) is 0.773. The van der Waals surface area contributed by atoms with Crippen LogP contribution in [0.25, 0.3) is 0 Å². The highest BCUT2D eigenvalue weighted by atomic mass is 16.5. The fourth-order valence-corrected chi connectivity index (χ4v) is 3.33. The normalized spacial score (nSPS) is 17.9. The number of nitrogens with one attached hydrogen (secondary N) is 1. The average Bonchev–Trinajstić information content (AvgIpc) is 3.06. The molecule has 0 unspecified atom stereocenters. The number of carbonyl (C=O) groups excluding carboxylic acids is 1. The van der Waals surface area contributed by atoms with Crippen molar-refractivity contribution in [1.29, 1.82) is 0 Å². The second kappa shape index (κ2) is 7.72. The van der Waals surface area contributed by atoms with Gasteiger partial charge in [-0.25, -0.2) is 4.79 Å². The third-order valence-corrected chi connectivity index (χ3v) is 4.58. The Kier molecular flexibility index (Phi) is 5.40. The first-order valence-corrected chi connectivity index (χ1v) is 8.45. The number of amides is 2. The molecule has 1 aromatic carbocycles. The number of hydrogen-bond donors (Lipinski definition) is 2. The van der Waals surface area contributed by atoms with Crippen LogP contribution in [-0.4, -0.2) is 42.9 Å². The molecule has 0 saturated heterocycles. The van der Waals surface area contributed by atoms with E-state index in [9.17, 15) is 9.90 Å². The van der Waals surface area contributed by atoms with Gasteiger partial charge >= 0.3 is 6.03 Å². The number of aryl methyl sites for hydroxylation is 1. The monoisotopic (exact) mass is 344 g/mol. The molecule has 3 rings (SSSR count). The summed E-state index contributed by atoms with van der Waals surface area (Å²) >= 11 is 0. The van der Waals surface area contributed by atoms with Gasteiger partial charge in [-0.05, 0) is 36.6 Å². The van der Waals surface area contributed by atoms with Crippen LogP contribution in [-0.2, 0) is 11.2 Å². The lowest BCUT2D eigenvalue weighted by Gasteiger charge is -2.37. The van der Waals surface area contributed by atoms with E-state index in [4.69, 9.17) is 9.15 Å². The number of nitrogens with zero attached hydrogens (tertiary/aromatic N) is 1. The van der Waals surface area contributed by atoms with Gasteiger partial charge in [0.2, 0.25) is 0 Å². The van der Waals surface area contributed by atoms with Crippen LogP contribution >= 0.6 is 0 Å². The lowest BCUT2D eigenvalue weighted by molar-refractivity contribution is 0.114. The lowest BCUT2D eigenvalue weighted by Crippen LogP contribution is -2.48. The van der Waals surface area contributed by atoms with E-state index in [1.54, 1.807) is 12.0 Å². The maximum atomic E-state index is 12.8. The number of benzene rings is 1. The minimum atomic E-state index is -0.372. The number of ether oxygens (including phenoxy) is 1. The molecule has 0 radical (unpaired) electrons. The van der Waals surface area contributed by atoms with Crippen molar-refractivity contribution in [2.45, 2.75) is 25.4 Å². The number of hydrogen-bond acceptors (Lipinski definition) is 4. The topological polar surface area (TPSA) is 74.9 Å². The summed E-state index contributed by atoms with van der Waals surface area (Å²) < 4.78 is 10.9. The Balaban J connectivity index is 1.77. The van der Waals surface area contributed by atoms with Crippen molar-refractivity contribution >= 4 is 6.03 Å². The maximum Gasteiger partial charge on any atom is 0.318 e. The summed E-state index contributed by atoms with van der Waals surface area (Å²) in [5.41, 5.74) is 2.18. The fraction of sp³-hybridized carbons (Fsp3) is 0.421. The Hall–Kier alpha value is -2.31. The van der Waals surface area contributed by atoms with Gasteiger partial charge in [0, 0.05) is 13.7 Å². The highest BCUT2D eigenvalue weighted by Crippen LogP contribution is 2.29. The summed E-state index contributed by atoms with van der Waals surface area (Å²) in [7, 11) is 1.59. The number of methoxy groups -OCH3 is 1. The van der Waals surface area contributed by atoms with Crippen LogP contribution < -0.4 is 5.32 Å². The van der Waals surface area contributed by atoms with Crippen molar-refractivity contribution in [2.24, 2.45) is 0 Å². The zero-order valence-electron chi connectivity index (χ0n) is 14.6. The van der Waals surface area contributed by atoms with Gasteiger partial charge in [-0.2, -0.15) is 0 Å². The van der Waals surface area contributed by atoms with Crippen molar-refractivity contribution in [3.05, 3.63) is 59.0 Å². The molecule has 134 valence electrons. The number of aliphatic hydroxyl groups is 1. The van der Waals surface area contributed by atoms with Gasteiger partial charge in [0.25, 0.3) is 0 Å². The van der Waals surface area contributed by atoms with Crippen LogP contribution in [0.15, 0.2) is 40.8 Å². The standard InChI is InChI=1S/C19H24N2O4/c1-13-7-8-18(25-13)16(12-24-2)20-19(23)21-10-9-14-5-3-4-6-15(14)17(21)11-22/h3-8,16-17,22H,9-12H2,1-2H3,(H,20,23)/t16-,17+/m0/s1. The molecule has 0 spiro atoms. The second-order valence-corrected chi connectivity index (χ2v) is 6.25. The van der Waals surface area contributed by atoms with Gasteiger partial charge in [0.15, 0.2) is 0 Å². The summed E-state index contributed by atoms with van der Waals surface area (Å²) in [5.74, 6) is 1.44. The predicted octanol–water partition coefficient (Wildman–Crippen LogP) is 2.58. The van der Waals surface area contributed by atoms with Gasteiger partial charge < -0.3 is 24.5 Å². The molecule has 0 bridgehead atoms. The van der Waals surface area contributed by atoms with Crippen LogP contribution in [0, 0.1) is 6.92 Å². The Morgan fingerprint density at radius 1 is 1.40 bits per heavy atom. The van der Waals surface area contributed by atoms with E-state index in [-0.39, 0.29) is 24.7 Å². The quantitative estimate of drug-likeness (QED) is 0.874. The van der Waals surface area contributed by atoms with E-state index < -0.39 is 0 Å². The molecule has 0 fully saturated rings. The molecule has 1 aliphatic rings. The maximum absolute atomic E-state index is 12.8. The number of fused-ring (bicyclic) bond motifs is 1. The first kappa shape index (κ1) is 17.5. The van der Waals surface area contributed by atoms with Crippen molar-refractivity contribution in [1.82, 2.24) is 10.2 Å². The number of rotatable bonds is 5. The predicted molar refractivity (Wildman–Crippen MR) is 93.3 cm³/mol. The number of carbonyl (C=O) groups is 1. The highest BCUT2D eigenvalue weighted by molar-refractivity contribution is 5.75. The number of urea groups is 1. The van der Waals surface area contributed by atoms with E-state index in [0.29, 0.717) is 18.9 Å². The molecule has 1 aromatic heterocycles. The minimum Gasteiger partial charge on any atom is -0.464 e. The molecule has 0 aliphatic carbocycles. The molecule has 6 heteroatoms. The van der Waals surface area contributed by atoms with E-state index in [1.807, 2.05) is 43.3 Å². The van der Waals surface area contributed by atoms with Gasteiger partial charge in [-0.15, -0.1) is 0 Å². The van der Waals surface area contributed by atoms with Crippen molar-refractivity contribution in [3.8, 4) is 0 Å². The SMILES string of the molecule is COC[C@H](NC(=O)N1CCc2ccccc2[C@H]1CO)c1ccc(C)o1. The van der Waals surface area contributed by atoms with Gasteiger partial charge in [0.05, 0.1) is 19.3 Å². The number of aliphatic hydroxyl groups excluding tert-OH is 1. The third kappa shape index (κ3) is 3.70. The molecule has 0 saturated carbocycles. The molecule has 2 N–H and O–H groups in total. The molecular formula is C19H24N2O4. The zero-order chi connectivity index (χ0) is 17.8. The van der Waals surface area contributed by atoms with Gasteiger partial charge in [-0.3, -0.25) is 0 Å². The summed E-state index contributed by atoms with van der Waals surface area (Å²) in [6, 6.07) is 10.7. The Bertz CT molecular complexity index is 728. The van der Waals surface area contributed by atoms with E-state index >= 15 is 0 Å². The van der Waals surface area contributed by atoms with Crippen molar-refractivity contribution < 1.29 is 19.1 Å². The van der Waals surface area contributed by atoms with E-state index in [2.05, 4.69) is 5.32 Å². The van der Waals surface area contributed by atoms with Crippen molar-refractivity contribution in [3.63, 3.8) is 0 Å². The summed E-state index contributed by atoms with van der Waals surface area (Å²) in [4.78, 5) is 14.5. The molecule has 2 heterocycles. The number of furan rings is 1. The Morgan fingerprint density at radius 3 is 2.88 bits per heavy atom. The zero-order valence-corrected chi connectivity index (χ0v) is 14.6. The van der Waals surface area contributed by atoms with Crippen LogP contribution in [0.5, 0.6) is 0 Å². The lowest BCUT2D eigenvalue weighted by atomic mass is 9.93. The minimum absolute atomic E-state index is 0.112. The average molecular weight is 344 g/mol. The largest absolute Gasteiger partial charge is 0.464 e. The molecule has 2 aromatic rings. The van der Waals surface area contributed by atoms with Crippen LogP contribution in [0.2, 0.25) is 0 Å².